The molecule has 0 aliphatic heterocycles. The second-order valence-corrected chi connectivity index (χ2v) is 5.83. The molecule has 1 aromatic carbocycles. The number of ether oxygens (including phenoxy) is 1. The van der Waals surface area contributed by atoms with E-state index in [1.54, 1.807) is 13.2 Å². The molecule has 0 saturated heterocycles. The molecule has 0 atom stereocenters. The van der Waals surface area contributed by atoms with Crippen LogP contribution in [0.25, 0.3) is 10.9 Å². The molecule has 0 saturated carbocycles. The summed E-state index contributed by atoms with van der Waals surface area (Å²) in [5, 5.41) is 1.46. The van der Waals surface area contributed by atoms with Crippen molar-refractivity contribution in [3.63, 3.8) is 0 Å². The highest BCUT2D eigenvalue weighted by Crippen LogP contribution is 2.36. The van der Waals surface area contributed by atoms with Crippen LogP contribution in [0.3, 0.4) is 0 Å². The van der Waals surface area contributed by atoms with Gasteiger partial charge in [0.15, 0.2) is 0 Å². The van der Waals surface area contributed by atoms with Crippen LogP contribution < -0.4 is 16.0 Å². The molecule has 0 unspecified atom stereocenters. The highest BCUT2D eigenvalue weighted by Gasteiger charge is 2.21. The predicted molar refractivity (Wildman–Crippen MR) is 79.8 cm³/mol. The molecule has 102 valence electrons. The first-order valence-electron chi connectivity index (χ1n) is 6.03. The average Bonchev–Trinajstić information content (AvgIpc) is 2.37. The average molecular weight is 280 g/mol. The lowest BCUT2D eigenvalue weighted by atomic mass is 9.86. The molecule has 0 spiro atoms. The van der Waals surface area contributed by atoms with Crippen LogP contribution in [0.15, 0.2) is 18.2 Å². The number of anilines is 1. The van der Waals surface area contributed by atoms with Crippen molar-refractivity contribution in [1.29, 1.82) is 0 Å². The van der Waals surface area contributed by atoms with Crippen molar-refractivity contribution < 1.29 is 4.74 Å². The fourth-order valence-electron chi connectivity index (χ4n) is 2.06. The largest absolute Gasteiger partial charge is 0.496 e. The number of benzene rings is 1. The molecule has 4 nitrogen and oxygen atoms in total. The lowest BCUT2D eigenvalue weighted by molar-refractivity contribution is 0.419. The molecule has 5 heteroatoms. The predicted octanol–water partition coefficient (Wildman–Crippen LogP) is 3.48. The third-order valence-corrected chi connectivity index (χ3v) is 3.36. The fourth-order valence-corrected chi connectivity index (χ4v) is 2.27. The number of nitrogen functional groups attached to an aromatic ring is 1. The summed E-state index contributed by atoms with van der Waals surface area (Å²) in [6.07, 6.45) is 0. The van der Waals surface area contributed by atoms with Gasteiger partial charge in [0.25, 0.3) is 0 Å². The molecule has 0 aliphatic carbocycles. The minimum absolute atomic E-state index is 0.0871. The van der Waals surface area contributed by atoms with E-state index in [2.05, 4.69) is 31.2 Å². The molecule has 0 radical (unpaired) electrons. The number of methoxy groups -OCH3 is 1. The van der Waals surface area contributed by atoms with Gasteiger partial charge < -0.3 is 10.2 Å². The smallest absolute Gasteiger partial charge is 0.144 e. The fraction of sp³-hybridized carbons (Fsp3) is 0.357. The summed E-state index contributed by atoms with van der Waals surface area (Å²) in [5.41, 5.74) is 4.26. The number of aromatic nitrogens is 1. The lowest BCUT2D eigenvalue weighted by Crippen LogP contribution is -2.19. The van der Waals surface area contributed by atoms with E-state index in [1.807, 2.05) is 12.1 Å². The van der Waals surface area contributed by atoms with Crippen LogP contribution in [0.5, 0.6) is 5.75 Å². The van der Waals surface area contributed by atoms with Crippen LogP contribution in [0, 0.1) is 0 Å². The molecular formula is C14H18ClN3O. The number of pyridine rings is 1. The third kappa shape index (κ3) is 2.46. The number of nitrogens with two attached hydrogens (primary N) is 1. The van der Waals surface area contributed by atoms with Crippen molar-refractivity contribution in [2.45, 2.75) is 26.2 Å². The second-order valence-electron chi connectivity index (χ2n) is 5.42. The lowest BCUT2D eigenvalue weighted by Gasteiger charge is -2.23. The molecule has 1 aromatic heterocycles. The van der Waals surface area contributed by atoms with Gasteiger partial charge in [0.05, 0.1) is 17.6 Å². The normalized spacial score (nSPS) is 11.7. The highest BCUT2D eigenvalue weighted by molar-refractivity contribution is 6.35. The van der Waals surface area contributed by atoms with Crippen molar-refractivity contribution in [3.8, 4) is 5.75 Å². The third-order valence-electron chi connectivity index (χ3n) is 3.06. The van der Waals surface area contributed by atoms with Gasteiger partial charge in [0.1, 0.15) is 11.6 Å². The molecule has 3 N–H and O–H groups in total. The Labute approximate surface area is 117 Å². The molecule has 2 aromatic rings. The van der Waals surface area contributed by atoms with E-state index >= 15 is 0 Å². The first-order valence-corrected chi connectivity index (χ1v) is 6.40. The zero-order valence-electron chi connectivity index (χ0n) is 11.5. The van der Waals surface area contributed by atoms with E-state index in [1.165, 1.54) is 0 Å². The van der Waals surface area contributed by atoms with E-state index < -0.39 is 0 Å². The monoisotopic (exact) mass is 279 g/mol. The number of nitrogens with one attached hydrogen (secondary N) is 1. The topological polar surface area (TPSA) is 60.2 Å². The standard InChI is InChI=1S/C14H18ClN3O/c1-14(2,3)9-7-8-11(19-4)6-5-10(15)12(8)17-13(9)18-16/h5-7H,16H2,1-4H3,(H,17,18). The highest BCUT2D eigenvalue weighted by atomic mass is 35.5. The number of hydrazine groups is 1. The number of fused-ring (bicyclic) bond motifs is 1. The summed E-state index contributed by atoms with van der Waals surface area (Å²) >= 11 is 6.19. The Morgan fingerprint density at radius 3 is 2.53 bits per heavy atom. The van der Waals surface area contributed by atoms with Gasteiger partial charge in [-0.15, -0.1) is 0 Å². The van der Waals surface area contributed by atoms with Crippen molar-refractivity contribution in [2.24, 2.45) is 5.84 Å². The van der Waals surface area contributed by atoms with Crippen molar-refractivity contribution >= 4 is 28.3 Å². The van der Waals surface area contributed by atoms with Gasteiger partial charge in [0, 0.05) is 10.9 Å². The number of nitrogens with zero attached hydrogens (tertiary/aromatic N) is 1. The molecule has 0 bridgehead atoms. The van der Waals surface area contributed by atoms with E-state index in [4.69, 9.17) is 22.2 Å². The summed E-state index contributed by atoms with van der Waals surface area (Å²) in [7, 11) is 1.63. The number of hydrogen-bond donors (Lipinski definition) is 2. The summed E-state index contributed by atoms with van der Waals surface area (Å²) in [5.74, 6) is 6.96. The van der Waals surface area contributed by atoms with Gasteiger partial charge in [-0.3, -0.25) is 0 Å². The number of rotatable bonds is 2. The molecule has 2 rings (SSSR count). The summed E-state index contributed by atoms with van der Waals surface area (Å²) in [4.78, 5) is 4.52. The van der Waals surface area contributed by atoms with E-state index in [-0.39, 0.29) is 5.41 Å². The Morgan fingerprint density at radius 2 is 2.00 bits per heavy atom. The van der Waals surface area contributed by atoms with Gasteiger partial charge >= 0.3 is 0 Å². The first-order chi connectivity index (χ1) is 8.88. The van der Waals surface area contributed by atoms with Gasteiger partial charge in [-0.05, 0) is 23.6 Å². The molecular weight excluding hydrogens is 262 g/mol. The molecule has 1 heterocycles. The first kappa shape index (κ1) is 13.9. The van der Waals surface area contributed by atoms with Crippen LogP contribution in [0.4, 0.5) is 5.82 Å². The van der Waals surface area contributed by atoms with Gasteiger partial charge in [-0.2, -0.15) is 0 Å². The summed E-state index contributed by atoms with van der Waals surface area (Å²) in [6.45, 7) is 6.31. The van der Waals surface area contributed by atoms with Crippen LogP contribution in [0.1, 0.15) is 26.3 Å². The van der Waals surface area contributed by atoms with Crippen LogP contribution >= 0.6 is 11.6 Å². The maximum atomic E-state index is 6.19. The van der Waals surface area contributed by atoms with Crippen LogP contribution in [-0.4, -0.2) is 12.1 Å². The maximum absolute atomic E-state index is 6.19. The molecule has 0 fully saturated rings. The van der Waals surface area contributed by atoms with E-state index in [0.29, 0.717) is 16.4 Å². The number of halogens is 1. The van der Waals surface area contributed by atoms with Crippen molar-refractivity contribution in [2.75, 3.05) is 12.5 Å². The number of hydrogen-bond acceptors (Lipinski definition) is 4. The Hall–Kier alpha value is -1.52. The van der Waals surface area contributed by atoms with E-state index in [0.717, 1.165) is 16.7 Å². The van der Waals surface area contributed by atoms with Crippen LogP contribution in [0.2, 0.25) is 5.02 Å². The molecule has 0 amide bonds. The second kappa shape index (κ2) is 4.87. The minimum atomic E-state index is -0.0871. The SMILES string of the molecule is COc1ccc(Cl)c2nc(NN)c(C(C)(C)C)cc12. The zero-order chi connectivity index (χ0) is 14.2. The summed E-state index contributed by atoms with van der Waals surface area (Å²) < 4.78 is 5.37. The summed E-state index contributed by atoms with van der Waals surface area (Å²) in [6, 6.07) is 5.64. The maximum Gasteiger partial charge on any atom is 0.144 e. The Bertz CT molecular complexity index is 620. The van der Waals surface area contributed by atoms with E-state index in [9.17, 15) is 0 Å². The van der Waals surface area contributed by atoms with Crippen LogP contribution in [-0.2, 0) is 5.41 Å². The van der Waals surface area contributed by atoms with Gasteiger partial charge in [-0.25, -0.2) is 10.8 Å². The van der Waals surface area contributed by atoms with Crippen molar-refractivity contribution in [3.05, 3.63) is 28.8 Å². The zero-order valence-corrected chi connectivity index (χ0v) is 12.3. The quantitative estimate of drug-likeness (QED) is 0.653. The Kier molecular flexibility index (Phi) is 3.56. The van der Waals surface area contributed by atoms with Gasteiger partial charge in [-0.1, -0.05) is 32.4 Å². The Morgan fingerprint density at radius 1 is 1.32 bits per heavy atom. The molecule has 0 aliphatic rings. The molecule has 19 heavy (non-hydrogen) atoms. The Balaban J connectivity index is 2.85. The van der Waals surface area contributed by atoms with Gasteiger partial charge in [0.2, 0.25) is 0 Å². The van der Waals surface area contributed by atoms with Crippen molar-refractivity contribution in [1.82, 2.24) is 4.98 Å². The minimum Gasteiger partial charge on any atom is -0.496 e.